The van der Waals surface area contributed by atoms with E-state index in [1.165, 1.54) is 148 Å². The third kappa shape index (κ3) is 39.4. The smallest absolute Gasteiger partial charge is 0.306 e. The minimum Gasteiger partial charge on any atom is -0.457 e. The Morgan fingerprint density at radius 2 is 0.897 bits per heavy atom. The van der Waals surface area contributed by atoms with E-state index in [4.69, 9.17) is 18.9 Å². The van der Waals surface area contributed by atoms with E-state index in [1.54, 1.807) is 0 Å². The predicted octanol–water partition coefficient (Wildman–Crippen LogP) is 14.4. The number of rotatable bonds is 48. The standard InChI is InChI=1S/C59H104O9/c1-3-5-7-9-11-13-15-17-19-21-23-24-25-26-27-28-29-31-33-35-37-39-41-43-45-47-49-65-51-53(52-66-59-58(64)57(63)56(62)54(50-60)68-59)67-55(61)48-46-44-42-40-38-36-34-32-30-22-20-18-16-14-12-10-8-6-4-2/h5,7,11,13,17-20,23-24,26-27,53-54,56-60,62-64H,3-4,6,8-10,12,14-16,21-22,25,28-52H2,1-2H3/b7-5-,13-11-,19-17-,20-18-,24-23-,27-26-. The largest absolute Gasteiger partial charge is 0.457 e. The van der Waals surface area contributed by atoms with Gasteiger partial charge in [0.05, 0.1) is 19.8 Å². The van der Waals surface area contributed by atoms with Crippen molar-refractivity contribution in [1.82, 2.24) is 0 Å². The monoisotopic (exact) mass is 957 g/mol. The van der Waals surface area contributed by atoms with Crippen LogP contribution in [0.4, 0.5) is 0 Å². The summed E-state index contributed by atoms with van der Waals surface area (Å²) in [5.41, 5.74) is 0. The maximum Gasteiger partial charge on any atom is 0.306 e. The maximum atomic E-state index is 12.9. The molecule has 1 aliphatic heterocycles. The predicted molar refractivity (Wildman–Crippen MR) is 284 cm³/mol. The van der Waals surface area contributed by atoms with E-state index in [1.807, 2.05) is 0 Å². The second-order valence-electron chi connectivity index (χ2n) is 19.0. The molecule has 6 atom stereocenters. The zero-order chi connectivity index (χ0) is 49.2. The Bertz CT molecular complexity index is 1270. The molecule has 0 amide bonds. The molecule has 4 N–H and O–H groups in total. The zero-order valence-electron chi connectivity index (χ0n) is 43.6. The first-order chi connectivity index (χ1) is 33.4. The van der Waals surface area contributed by atoms with Crippen molar-refractivity contribution in [3.05, 3.63) is 72.9 Å². The van der Waals surface area contributed by atoms with E-state index in [-0.39, 0.29) is 19.2 Å². The van der Waals surface area contributed by atoms with Crippen LogP contribution in [0.1, 0.15) is 232 Å². The van der Waals surface area contributed by atoms with Gasteiger partial charge >= 0.3 is 5.97 Å². The first-order valence-electron chi connectivity index (χ1n) is 28.0. The van der Waals surface area contributed by atoms with Crippen molar-refractivity contribution < 1.29 is 44.2 Å². The molecular formula is C59H104O9. The van der Waals surface area contributed by atoms with E-state index in [0.29, 0.717) is 13.0 Å². The summed E-state index contributed by atoms with van der Waals surface area (Å²) in [7, 11) is 0. The van der Waals surface area contributed by atoms with Gasteiger partial charge in [-0.3, -0.25) is 4.79 Å². The van der Waals surface area contributed by atoms with Gasteiger partial charge in [0.1, 0.15) is 30.5 Å². The molecule has 1 aliphatic rings. The molecule has 0 aromatic heterocycles. The highest BCUT2D eigenvalue weighted by molar-refractivity contribution is 5.69. The van der Waals surface area contributed by atoms with Gasteiger partial charge < -0.3 is 39.4 Å². The van der Waals surface area contributed by atoms with Gasteiger partial charge in [-0.15, -0.1) is 0 Å². The van der Waals surface area contributed by atoms with Crippen LogP contribution in [0, 0.1) is 0 Å². The number of aliphatic hydroxyl groups is 4. The van der Waals surface area contributed by atoms with Crippen molar-refractivity contribution in [2.45, 2.75) is 269 Å². The SMILES string of the molecule is CC/C=C\C/C=C\C/C=C\C/C=C\C/C=C\CCCCCCCCCCCCOCC(COC1OC(CO)C(O)C(O)C1O)OC(=O)CCCCCCCCCCC/C=C\CCCCCCCC. The minimum absolute atomic E-state index is 0.118. The van der Waals surface area contributed by atoms with Crippen LogP contribution in [0.15, 0.2) is 72.9 Å². The first-order valence-corrected chi connectivity index (χ1v) is 28.0. The van der Waals surface area contributed by atoms with E-state index < -0.39 is 43.4 Å². The van der Waals surface area contributed by atoms with Gasteiger partial charge in [0.15, 0.2) is 6.29 Å². The zero-order valence-corrected chi connectivity index (χ0v) is 43.6. The lowest BCUT2D eigenvalue weighted by Crippen LogP contribution is -2.59. The molecule has 68 heavy (non-hydrogen) atoms. The maximum absolute atomic E-state index is 12.9. The second kappa shape index (κ2) is 49.6. The number of carbonyl (C=O) groups is 1. The van der Waals surface area contributed by atoms with Crippen molar-refractivity contribution in [3.8, 4) is 0 Å². The first kappa shape index (κ1) is 63.6. The Balaban J connectivity index is 2.17. The number of allylic oxidation sites excluding steroid dienone is 12. The lowest BCUT2D eigenvalue weighted by atomic mass is 9.99. The molecule has 6 unspecified atom stereocenters. The van der Waals surface area contributed by atoms with Crippen molar-refractivity contribution in [1.29, 1.82) is 0 Å². The minimum atomic E-state index is -1.54. The fraction of sp³-hybridized carbons (Fsp3) is 0.780. The molecule has 1 rings (SSSR count). The van der Waals surface area contributed by atoms with Crippen molar-refractivity contribution in [3.63, 3.8) is 0 Å². The summed E-state index contributed by atoms with van der Waals surface area (Å²) < 4.78 is 23.0. The van der Waals surface area contributed by atoms with Gasteiger partial charge in [0.2, 0.25) is 0 Å². The molecule has 0 saturated carbocycles. The molecule has 0 aromatic rings. The average Bonchev–Trinajstić information content (AvgIpc) is 3.34. The summed E-state index contributed by atoms with van der Waals surface area (Å²) in [6.45, 7) is 4.45. The highest BCUT2D eigenvalue weighted by atomic mass is 16.7. The van der Waals surface area contributed by atoms with E-state index in [9.17, 15) is 25.2 Å². The molecule has 394 valence electrons. The molecule has 9 nitrogen and oxygen atoms in total. The third-order valence-electron chi connectivity index (χ3n) is 12.6. The highest BCUT2D eigenvalue weighted by Gasteiger charge is 2.44. The Morgan fingerprint density at radius 3 is 1.37 bits per heavy atom. The molecule has 9 heteroatoms. The molecule has 0 bridgehead atoms. The average molecular weight is 957 g/mol. The van der Waals surface area contributed by atoms with Crippen LogP contribution in [-0.2, 0) is 23.7 Å². The van der Waals surface area contributed by atoms with Crippen molar-refractivity contribution in [2.75, 3.05) is 26.4 Å². The van der Waals surface area contributed by atoms with Gasteiger partial charge in [-0.25, -0.2) is 0 Å². The molecule has 1 heterocycles. The number of aliphatic hydroxyl groups excluding tert-OH is 4. The number of unbranched alkanes of at least 4 members (excludes halogenated alkanes) is 25. The Morgan fingerprint density at radius 1 is 0.485 bits per heavy atom. The van der Waals surface area contributed by atoms with Crippen molar-refractivity contribution >= 4 is 5.97 Å². The van der Waals surface area contributed by atoms with Crippen LogP contribution in [0.3, 0.4) is 0 Å². The molecule has 0 aliphatic carbocycles. The number of hydrogen-bond acceptors (Lipinski definition) is 9. The molecule has 0 radical (unpaired) electrons. The van der Waals surface area contributed by atoms with Gasteiger partial charge in [-0.1, -0.05) is 215 Å². The molecule has 1 fully saturated rings. The Labute approximate surface area is 417 Å². The fourth-order valence-electron chi connectivity index (χ4n) is 8.28. The van der Waals surface area contributed by atoms with E-state index in [0.717, 1.165) is 64.2 Å². The summed E-state index contributed by atoms with van der Waals surface area (Å²) in [6.07, 6.45) is 59.4. The number of ether oxygens (including phenoxy) is 4. The van der Waals surface area contributed by atoms with Crippen LogP contribution >= 0.6 is 0 Å². The molecule has 0 spiro atoms. The van der Waals surface area contributed by atoms with Gasteiger partial charge in [-0.2, -0.15) is 0 Å². The lowest BCUT2D eigenvalue weighted by molar-refractivity contribution is -0.305. The third-order valence-corrected chi connectivity index (χ3v) is 12.6. The van der Waals surface area contributed by atoms with Crippen LogP contribution in [0.5, 0.6) is 0 Å². The normalized spacial score (nSPS) is 19.6. The van der Waals surface area contributed by atoms with Gasteiger partial charge in [0.25, 0.3) is 0 Å². The fourth-order valence-corrected chi connectivity index (χ4v) is 8.28. The van der Waals surface area contributed by atoms with E-state index in [2.05, 4.69) is 86.8 Å². The van der Waals surface area contributed by atoms with Gasteiger partial charge in [0, 0.05) is 13.0 Å². The quantitative estimate of drug-likeness (QED) is 0.0267. The molecular weight excluding hydrogens is 853 g/mol. The Hall–Kier alpha value is -2.37. The summed E-state index contributed by atoms with van der Waals surface area (Å²) >= 11 is 0. The number of carbonyl (C=O) groups excluding carboxylic acids is 1. The molecule has 0 aromatic carbocycles. The summed E-state index contributed by atoms with van der Waals surface area (Å²) in [5.74, 6) is -0.317. The number of hydrogen-bond donors (Lipinski definition) is 4. The highest BCUT2D eigenvalue weighted by Crippen LogP contribution is 2.23. The summed E-state index contributed by atoms with van der Waals surface area (Å²) in [6, 6.07) is 0. The van der Waals surface area contributed by atoms with Crippen LogP contribution in [-0.4, -0.2) is 89.6 Å². The number of esters is 1. The summed E-state index contributed by atoms with van der Waals surface area (Å²) in [4.78, 5) is 12.9. The van der Waals surface area contributed by atoms with E-state index >= 15 is 0 Å². The Kier molecular flexibility index (Phi) is 46.4. The van der Waals surface area contributed by atoms with Crippen LogP contribution < -0.4 is 0 Å². The van der Waals surface area contributed by atoms with Crippen LogP contribution in [0.25, 0.3) is 0 Å². The molecule has 1 saturated heterocycles. The van der Waals surface area contributed by atoms with Gasteiger partial charge in [-0.05, 0) is 83.5 Å². The van der Waals surface area contributed by atoms with Crippen LogP contribution in [0.2, 0.25) is 0 Å². The topological polar surface area (TPSA) is 135 Å². The van der Waals surface area contributed by atoms with Crippen molar-refractivity contribution in [2.24, 2.45) is 0 Å². The summed E-state index contributed by atoms with van der Waals surface area (Å²) in [5, 5.41) is 40.3. The second-order valence-corrected chi connectivity index (χ2v) is 19.0. The lowest BCUT2D eigenvalue weighted by Gasteiger charge is -2.39.